The van der Waals surface area contributed by atoms with Crippen molar-refractivity contribution in [2.75, 3.05) is 26.4 Å². The Bertz CT molecular complexity index is 684. The summed E-state index contributed by atoms with van der Waals surface area (Å²) in [6, 6.07) is 14.0. The van der Waals surface area contributed by atoms with E-state index < -0.39 is 0 Å². The van der Waals surface area contributed by atoms with E-state index in [1.807, 2.05) is 31.2 Å². The molecule has 0 aliphatic rings. The van der Waals surface area contributed by atoms with Crippen LogP contribution in [0, 0.1) is 0 Å². The van der Waals surface area contributed by atoms with Crippen molar-refractivity contribution in [3.63, 3.8) is 0 Å². The summed E-state index contributed by atoms with van der Waals surface area (Å²) in [5, 5.41) is 2.69. The summed E-state index contributed by atoms with van der Waals surface area (Å²) in [4.78, 5) is 22.6. The van der Waals surface area contributed by atoms with Crippen LogP contribution in [0.4, 0.5) is 0 Å². The molecule has 0 saturated carbocycles. The molecule has 6 nitrogen and oxygen atoms in total. The average Bonchev–Trinajstić information content (AvgIpc) is 2.65. The minimum absolute atomic E-state index is 0.159. The predicted molar refractivity (Wildman–Crippen MR) is 93.4 cm³/mol. The molecule has 25 heavy (non-hydrogen) atoms. The first-order valence-corrected chi connectivity index (χ1v) is 8.02. The van der Waals surface area contributed by atoms with E-state index in [2.05, 4.69) is 5.32 Å². The second-order valence-electron chi connectivity index (χ2n) is 5.05. The number of ether oxygens (including phenoxy) is 3. The van der Waals surface area contributed by atoms with Crippen LogP contribution in [0.3, 0.4) is 0 Å². The lowest BCUT2D eigenvalue weighted by Crippen LogP contribution is -2.32. The fraction of sp³-hybridized carbons (Fsp3) is 0.263. The van der Waals surface area contributed by atoms with E-state index in [1.165, 1.54) is 0 Å². The quantitative estimate of drug-likeness (QED) is 0.530. The largest absolute Gasteiger partial charge is 0.494 e. The van der Waals surface area contributed by atoms with Gasteiger partial charge >= 0.3 is 0 Å². The zero-order chi connectivity index (χ0) is 17.9. The van der Waals surface area contributed by atoms with Crippen LogP contribution in [-0.4, -0.2) is 38.6 Å². The van der Waals surface area contributed by atoms with Crippen LogP contribution in [0.15, 0.2) is 48.5 Å². The normalized spacial score (nSPS) is 9.96. The van der Waals surface area contributed by atoms with E-state index >= 15 is 0 Å². The highest BCUT2D eigenvalue weighted by Crippen LogP contribution is 2.17. The number of nitrogens with one attached hydrogen (secondary N) is 1. The van der Waals surface area contributed by atoms with Crippen LogP contribution in [-0.2, 0) is 4.79 Å². The molecule has 0 unspecified atom stereocenters. The number of aldehydes is 1. The Morgan fingerprint density at radius 1 is 1.00 bits per heavy atom. The van der Waals surface area contributed by atoms with Gasteiger partial charge in [0, 0.05) is 0 Å². The summed E-state index contributed by atoms with van der Waals surface area (Å²) in [5.74, 6) is 1.60. The SMILES string of the molecule is CCOc1ccc(OCCNC(=O)COc2ccccc2C=O)cc1. The maximum atomic E-state index is 11.7. The summed E-state index contributed by atoms with van der Waals surface area (Å²) in [7, 11) is 0. The van der Waals surface area contributed by atoms with Crippen molar-refractivity contribution >= 4 is 12.2 Å². The molecular formula is C19H21NO5. The van der Waals surface area contributed by atoms with Gasteiger partial charge < -0.3 is 19.5 Å². The minimum Gasteiger partial charge on any atom is -0.494 e. The zero-order valence-corrected chi connectivity index (χ0v) is 14.1. The molecule has 0 aromatic heterocycles. The van der Waals surface area contributed by atoms with Gasteiger partial charge in [-0.2, -0.15) is 0 Å². The third-order valence-corrected chi connectivity index (χ3v) is 3.23. The monoisotopic (exact) mass is 343 g/mol. The molecule has 132 valence electrons. The number of amides is 1. The third-order valence-electron chi connectivity index (χ3n) is 3.23. The Kier molecular flexibility index (Phi) is 7.31. The standard InChI is InChI=1S/C19H21NO5/c1-2-23-16-7-9-17(10-8-16)24-12-11-20-19(22)14-25-18-6-4-3-5-15(18)13-21/h3-10,13H,2,11-12,14H2,1H3,(H,20,22). The molecule has 0 aliphatic carbocycles. The lowest BCUT2D eigenvalue weighted by atomic mass is 10.2. The van der Waals surface area contributed by atoms with Crippen LogP contribution < -0.4 is 19.5 Å². The second kappa shape index (κ2) is 9.97. The lowest BCUT2D eigenvalue weighted by molar-refractivity contribution is -0.123. The molecule has 1 N–H and O–H groups in total. The smallest absolute Gasteiger partial charge is 0.258 e. The number of hydrogen-bond acceptors (Lipinski definition) is 5. The second-order valence-corrected chi connectivity index (χ2v) is 5.05. The van der Waals surface area contributed by atoms with Crippen molar-refractivity contribution in [2.24, 2.45) is 0 Å². The van der Waals surface area contributed by atoms with Crippen molar-refractivity contribution in [3.8, 4) is 17.2 Å². The van der Waals surface area contributed by atoms with Gasteiger partial charge in [0.1, 0.15) is 23.9 Å². The molecule has 0 saturated heterocycles. The van der Waals surface area contributed by atoms with Crippen molar-refractivity contribution in [1.82, 2.24) is 5.32 Å². The first-order chi connectivity index (χ1) is 12.2. The maximum Gasteiger partial charge on any atom is 0.258 e. The zero-order valence-electron chi connectivity index (χ0n) is 14.1. The Morgan fingerprint density at radius 3 is 2.36 bits per heavy atom. The van der Waals surface area contributed by atoms with E-state index in [9.17, 15) is 9.59 Å². The molecule has 1 amide bonds. The molecule has 0 spiro atoms. The molecule has 0 heterocycles. The summed E-state index contributed by atoms with van der Waals surface area (Å²) < 4.78 is 16.2. The molecule has 0 radical (unpaired) electrons. The summed E-state index contributed by atoms with van der Waals surface area (Å²) in [5.41, 5.74) is 0.411. The van der Waals surface area contributed by atoms with Gasteiger partial charge in [-0.1, -0.05) is 12.1 Å². The van der Waals surface area contributed by atoms with Crippen LogP contribution >= 0.6 is 0 Å². The van der Waals surface area contributed by atoms with Crippen molar-refractivity contribution in [3.05, 3.63) is 54.1 Å². The van der Waals surface area contributed by atoms with Gasteiger partial charge in [0.25, 0.3) is 5.91 Å². The highest BCUT2D eigenvalue weighted by Gasteiger charge is 2.05. The van der Waals surface area contributed by atoms with Crippen LogP contribution in [0.1, 0.15) is 17.3 Å². The van der Waals surface area contributed by atoms with Gasteiger partial charge in [-0.05, 0) is 43.3 Å². The van der Waals surface area contributed by atoms with Crippen molar-refractivity contribution < 1.29 is 23.8 Å². The number of para-hydroxylation sites is 1. The number of benzene rings is 2. The highest BCUT2D eigenvalue weighted by molar-refractivity contribution is 5.80. The Hall–Kier alpha value is -3.02. The predicted octanol–water partition coefficient (Wildman–Crippen LogP) is 2.47. The molecular weight excluding hydrogens is 322 g/mol. The Morgan fingerprint density at radius 2 is 1.68 bits per heavy atom. The van der Waals surface area contributed by atoms with Crippen molar-refractivity contribution in [2.45, 2.75) is 6.92 Å². The van der Waals surface area contributed by atoms with Gasteiger partial charge in [0.2, 0.25) is 0 Å². The Balaban J connectivity index is 1.66. The van der Waals surface area contributed by atoms with Crippen LogP contribution in [0.25, 0.3) is 0 Å². The fourth-order valence-electron chi connectivity index (χ4n) is 2.06. The van der Waals surface area contributed by atoms with Gasteiger partial charge in [0.15, 0.2) is 12.9 Å². The molecule has 0 fully saturated rings. The first-order valence-electron chi connectivity index (χ1n) is 8.02. The number of hydrogen-bond donors (Lipinski definition) is 1. The topological polar surface area (TPSA) is 73.9 Å². The van der Waals surface area contributed by atoms with E-state index in [4.69, 9.17) is 14.2 Å². The highest BCUT2D eigenvalue weighted by atomic mass is 16.5. The summed E-state index contributed by atoms with van der Waals surface area (Å²) in [6.07, 6.45) is 0.692. The number of rotatable bonds is 10. The van der Waals surface area contributed by atoms with Crippen LogP contribution in [0.2, 0.25) is 0 Å². The van der Waals surface area contributed by atoms with E-state index in [1.54, 1.807) is 24.3 Å². The van der Waals surface area contributed by atoms with E-state index in [0.717, 1.165) is 5.75 Å². The minimum atomic E-state index is -0.281. The molecule has 0 bridgehead atoms. The number of carbonyl (C=O) groups is 2. The third kappa shape index (κ3) is 6.18. The van der Waals surface area contributed by atoms with Gasteiger partial charge in [-0.15, -0.1) is 0 Å². The molecule has 6 heteroatoms. The van der Waals surface area contributed by atoms with Gasteiger partial charge in [-0.25, -0.2) is 0 Å². The molecule has 2 rings (SSSR count). The molecule has 0 aliphatic heterocycles. The molecule has 2 aromatic rings. The fourth-order valence-corrected chi connectivity index (χ4v) is 2.06. The molecule has 0 atom stereocenters. The van der Waals surface area contributed by atoms with E-state index in [0.29, 0.717) is 43.1 Å². The average molecular weight is 343 g/mol. The van der Waals surface area contributed by atoms with Gasteiger partial charge in [-0.3, -0.25) is 9.59 Å². The van der Waals surface area contributed by atoms with Crippen molar-refractivity contribution in [1.29, 1.82) is 0 Å². The lowest BCUT2D eigenvalue weighted by Gasteiger charge is -2.10. The summed E-state index contributed by atoms with van der Waals surface area (Å²) >= 11 is 0. The first kappa shape index (κ1) is 18.3. The summed E-state index contributed by atoms with van der Waals surface area (Å²) in [6.45, 7) is 3.07. The molecule has 2 aromatic carbocycles. The number of carbonyl (C=O) groups excluding carboxylic acids is 2. The van der Waals surface area contributed by atoms with Gasteiger partial charge in [0.05, 0.1) is 18.7 Å². The van der Waals surface area contributed by atoms with Crippen LogP contribution in [0.5, 0.6) is 17.2 Å². The maximum absolute atomic E-state index is 11.7. The van der Waals surface area contributed by atoms with E-state index in [-0.39, 0.29) is 12.5 Å². The Labute approximate surface area is 146 Å².